The third-order valence-electron chi connectivity index (χ3n) is 2.54. The lowest BCUT2D eigenvalue weighted by atomic mass is 10.2. The number of rotatable bonds is 4. The van der Waals surface area contributed by atoms with Crippen LogP contribution in [0.3, 0.4) is 0 Å². The third-order valence-corrected chi connectivity index (χ3v) is 2.54. The van der Waals surface area contributed by atoms with E-state index in [-0.39, 0.29) is 6.10 Å². The van der Waals surface area contributed by atoms with Crippen molar-refractivity contribution in [2.24, 2.45) is 0 Å². The van der Waals surface area contributed by atoms with Crippen LogP contribution in [0.2, 0.25) is 0 Å². The largest absolute Gasteiger partial charge is 0.393 e. The van der Waals surface area contributed by atoms with Gasteiger partial charge in [-0.1, -0.05) is 30.3 Å². The van der Waals surface area contributed by atoms with Crippen LogP contribution in [-0.4, -0.2) is 20.8 Å². The molecule has 1 aromatic heterocycles. The molecule has 1 aromatic carbocycles. The molecule has 0 bridgehead atoms. The number of hydrogen-bond donors (Lipinski definition) is 1. The maximum absolute atomic E-state index is 9.28. The van der Waals surface area contributed by atoms with Crippen LogP contribution >= 0.6 is 0 Å². The first-order valence-electron chi connectivity index (χ1n) is 5.52. The Morgan fingerprint density at radius 3 is 2.75 bits per heavy atom. The van der Waals surface area contributed by atoms with Crippen molar-refractivity contribution >= 4 is 0 Å². The highest BCUT2D eigenvalue weighted by Crippen LogP contribution is 2.17. The molecule has 0 radical (unpaired) electrons. The first-order valence-corrected chi connectivity index (χ1v) is 5.52. The van der Waals surface area contributed by atoms with Crippen molar-refractivity contribution in [3.8, 4) is 11.4 Å². The van der Waals surface area contributed by atoms with Gasteiger partial charge in [0.05, 0.1) is 6.10 Å². The van der Waals surface area contributed by atoms with Gasteiger partial charge in [0.2, 0.25) is 0 Å². The number of nitrogens with zero attached hydrogens (tertiary/aromatic N) is 2. The Hall–Kier alpha value is -1.61. The van der Waals surface area contributed by atoms with Gasteiger partial charge >= 0.3 is 0 Å². The Labute approximate surface area is 95.4 Å². The van der Waals surface area contributed by atoms with Gasteiger partial charge in [0, 0.05) is 24.5 Å². The van der Waals surface area contributed by atoms with Gasteiger partial charge in [0.25, 0.3) is 0 Å². The first kappa shape index (κ1) is 10.9. The van der Waals surface area contributed by atoms with Crippen molar-refractivity contribution in [1.82, 2.24) is 9.55 Å². The fourth-order valence-corrected chi connectivity index (χ4v) is 1.66. The highest BCUT2D eigenvalue weighted by Gasteiger charge is 2.05. The summed E-state index contributed by atoms with van der Waals surface area (Å²) in [6.45, 7) is 2.60. The van der Waals surface area contributed by atoms with E-state index in [0.29, 0.717) is 0 Å². The van der Waals surface area contributed by atoms with E-state index in [2.05, 4.69) is 9.55 Å². The summed E-state index contributed by atoms with van der Waals surface area (Å²) in [6.07, 6.45) is 4.22. The van der Waals surface area contributed by atoms with Crippen LogP contribution in [-0.2, 0) is 6.54 Å². The maximum atomic E-state index is 9.28. The summed E-state index contributed by atoms with van der Waals surface area (Å²) >= 11 is 0. The molecular weight excluding hydrogens is 200 g/mol. The summed E-state index contributed by atoms with van der Waals surface area (Å²) in [4.78, 5) is 4.35. The Morgan fingerprint density at radius 2 is 2.06 bits per heavy atom. The molecule has 1 heterocycles. The van der Waals surface area contributed by atoms with E-state index in [1.165, 1.54) is 0 Å². The van der Waals surface area contributed by atoms with Gasteiger partial charge in [0.1, 0.15) is 5.82 Å². The van der Waals surface area contributed by atoms with E-state index in [1.54, 1.807) is 13.1 Å². The molecule has 1 N–H and O–H groups in total. The summed E-state index contributed by atoms with van der Waals surface area (Å²) in [5.74, 6) is 0.959. The lowest BCUT2D eigenvalue weighted by Gasteiger charge is -2.09. The molecule has 16 heavy (non-hydrogen) atoms. The fourth-order valence-electron chi connectivity index (χ4n) is 1.66. The van der Waals surface area contributed by atoms with Crippen molar-refractivity contribution in [2.75, 3.05) is 0 Å². The van der Waals surface area contributed by atoms with Crippen LogP contribution < -0.4 is 0 Å². The minimum absolute atomic E-state index is 0.272. The second-order valence-electron chi connectivity index (χ2n) is 3.95. The summed E-state index contributed by atoms with van der Waals surface area (Å²) in [5.41, 5.74) is 1.11. The van der Waals surface area contributed by atoms with Crippen molar-refractivity contribution in [3.63, 3.8) is 0 Å². The second-order valence-corrected chi connectivity index (χ2v) is 3.95. The molecular formula is C13H16N2O. The zero-order valence-electron chi connectivity index (χ0n) is 9.37. The molecule has 1 unspecified atom stereocenters. The molecule has 0 saturated heterocycles. The molecule has 3 heteroatoms. The number of imidazole rings is 1. The highest BCUT2D eigenvalue weighted by atomic mass is 16.3. The van der Waals surface area contributed by atoms with Crippen molar-refractivity contribution < 1.29 is 5.11 Å². The molecule has 84 valence electrons. The Balaban J connectivity index is 2.19. The fraction of sp³-hybridized carbons (Fsp3) is 0.308. The van der Waals surface area contributed by atoms with E-state index in [4.69, 9.17) is 0 Å². The summed E-state index contributed by atoms with van der Waals surface area (Å²) in [7, 11) is 0. The molecule has 0 aliphatic rings. The maximum Gasteiger partial charge on any atom is 0.139 e. The van der Waals surface area contributed by atoms with Crippen LogP contribution in [0.15, 0.2) is 42.7 Å². The predicted octanol–water partition coefficient (Wildman–Crippen LogP) is 2.32. The Bertz CT molecular complexity index is 434. The van der Waals surface area contributed by atoms with Gasteiger partial charge in [-0.05, 0) is 13.3 Å². The quantitative estimate of drug-likeness (QED) is 0.851. The molecule has 0 spiro atoms. The minimum Gasteiger partial charge on any atom is -0.393 e. The summed E-state index contributed by atoms with van der Waals surface area (Å²) < 4.78 is 2.07. The van der Waals surface area contributed by atoms with Crippen LogP contribution in [0.1, 0.15) is 13.3 Å². The molecule has 0 saturated carbocycles. The lowest BCUT2D eigenvalue weighted by molar-refractivity contribution is 0.178. The zero-order valence-corrected chi connectivity index (χ0v) is 9.37. The molecule has 0 aliphatic heterocycles. The molecule has 3 nitrogen and oxygen atoms in total. The van der Waals surface area contributed by atoms with Gasteiger partial charge in [-0.25, -0.2) is 4.98 Å². The van der Waals surface area contributed by atoms with Crippen molar-refractivity contribution in [2.45, 2.75) is 26.0 Å². The molecule has 2 aromatic rings. The average Bonchev–Trinajstić information content (AvgIpc) is 2.75. The molecule has 0 aliphatic carbocycles. The normalized spacial score (nSPS) is 12.6. The van der Waals surface area contributed by atoms with E-state index in [1.807, 2.05) is 36.5 Å². The number of aryl methyl sites for hydroxylation is 1. The SMILES string of the molecule is CC(O)CCn1ccnc1-c1ccccc1. The monoisotopic (exact) mass is 216 g/mol. The molecule has 2 rings (SSSR count). The van der Waals surface area contributed by atoms with E-state index in [0.717, 1.165) is 24.4 Å². The van der Waals surface area contributed by atoms with Gasteiger partial charge in [-0.3, -0.25) is 0 Å². The Morgan fingerprint density at radius 1 is 1.31 bits per heavy atom. The topological polar surface area (TPSA) is 38.0 Å². The van der Waals surface area contributed by atoms with Crippen LogP contribution in [0, 0.1) is 0 Å². The third kappa shape index (κ3) is 2.49. The molecule has 1 atom stereocenters. The Kier molecular flexibility index (Phi) is 3.37. The minimum atomic E-state index is -0.272. The van der Waals surface area contributed by atoms with E-state index >= 15 is 0 Å². The average molecular weight is 216 g/mol. The highest BCUT2D eigenvalue weighted by molar-refractivity contribution is 5.54. The van der Waals surface area contributed by atoms with Gasteiger partial charge in [-0.15, -0.1) is 0 Å². The lowest BCUT2D eigenvalue weighted by Crippen LogP contribution is -2.07. The number of aromatic nitrogens is 2. The van der Waals surface area contributed by atoms with Crippen LogP contribution in [0.25, 0.3) is 11.4 Å². The molecule has 0 fully saturated rings. The second kappa shape index (κ2) is 4.94. The smallest absolute Gasteiger partial charge is 0.139 e. The summed E-state index contributed by atoms with van der Waals surface area (Å²) in [6, 6.07) is 10.1. The van der Waals surface area contributed by atoms with Gasteiger partial charge in [-0.2, -0.15) is 0 Å². The predicted molar refractivity (Wildman–Crippen MR) is 64.0 cm³/mol. The zero-order chi connectivity index (χ0) is 11.4. The van der Waals surface area contributed by atoms with Gasteiger partial charge < -0.3 is 9.67 Å². The summed E-state index contributed by atoms with van der Waals surface area (Å²) in [5, 5.41) is 9.28. The number of aliphatic hydroxyl groups is 1. The van der Waals surface area contributed by atoms with Crippen LogP contribution in [0.4, 0.5) is 0 Å². The number of aliphatic hydroxyl groups excluding tert-OH is 1. The number of hydrogen-bond acceptors (Lipinski definition) is 2. The number of benzene rings is 1. The van der Waals surface area contributed by atoms with Gasteiger partial charge in [0.15, 0.2) is 0 Å². The first-order chi connectivity index (χ1) is 7.77. The van der Waals surface area contributed by atoms with E-state index < -0.39 is 0 Å². The van der Waals surface area contributed by atoms with Crippen LogP contribution in [0.5, 0.6) is 0 Å². The molecule has 0 amide bonds. The van der Waals surface area contributed by atoms with E-state index in [9.17, 15) is 5.11 Å². The van der Waals surface area contributed by atoms with Crippen molar-refractivity contribution in [1.29, 1.82) is 0 Å². The van der Waals surface area contributed by atoms with Crippen molar-refractivity contribution in [3.05, 3.63) is 42.7 Å². The standard InChI is InChI=1S/C13H16N2O/c1-11(16)7-9-15-10-8-14-13(15)12-5-3-2-4-6-12/h2-6,8,10-11,16H,7,9H2,1H3.